The Morgan fingerprint density at radius 2 is 2.12 bits per heavy atom. The summed E-state index contributed by atoms with van der Waals surface area (Å²) in [5.74, 6) is 1.41. The highest BCUT2D eigenvalue weighted by atomic mass is 16.5. The predicted molar refractivity (Wildman–Crippen MR) is 90.5 cm³/mol. The Kier molecular flexibility index (Phi) is 5.15. The first-order valence-electron chi connectivity index (χ1n) is 8.18. The molecule has 0 unspecified atom stereocenters. The lowest BCUT2D eigenvalue weighted by atomic mass is 9.89. The van der Waals surface area contributed by atoms with Crippen LogP contribution >= 0.6 is 0 Å². The van der Waals surface area contributed by atoms with Crippen LogP contribution in [-0.2, 0) is 6.54 Å². The monoisotopic (exact) mass is 329 g/mol. The molecule has 0 aliphatic carbocycles. The van der Waals surface area contributed by atoms with Gasteiger partial charge in [0.2, 0.25) is 0 Å². The molecule has 0 amide bonds. The van der Waals surface area contributed by atoms with E-state index >= 15 is 0 Å². The molecule has 2 aromatic rings. The van der Waals surface area contributed by atoms with Gasteiger partial charge in [-0.3, -0.25) is 14.8 Å². The molecule has 1 saturated heterocycles. The van der Waals surface area contributed by atoms with Gasteiger partial charge in [-0.15, -0.1) is 0 Å². The molecule has 0 spiro atoms. The van der Waals surface area contributed by atoms with Crippen LogP contribution in [0.1, 0.15) is 28.9 Å². The summed E-state index contributed by atoms with van der Waals surface area (Å²) >= 11 is 0. The number of H-pyrrole nitrogens is 1. The summed E-state index contributed by atoms with van der Waals surface area (Å²) in [6.07, 6.45) is 3.70. The first-order valence-corrected chi connectivity index (χ1v) is 8.18. The number of ether oxygens (including phenoxy) is 2. The third-order valence-electron chi connectivity index (χ3n) is 4.50. The summed E-state index contributed by atoms with van der Waals surface area (Å²) in [5.41, 5.74) is 1.76. The fourth-order valence-corrected chi connectivity index (χ4v) is 3.25. The Morgan fingerprint density at radius 1 is 1.29 bits per heavy atom. The molecule has 6 nitrogen and oxygen atoms in total. The van der Waals surface area contributed by atoms with Crippen LogP contribution in [0.2, 0.25) is 0 Å². The zero-order chi connectivity index (χ0) is 16.9. The van der Waals surface area contributed by atoms with Gasteiger partial charge in [-0.2, -0.15) is 5.10 Å². The van der Waals surface area contributed by atoms with Crippen LogP contribution in [0.15, 0.2) is 30.5 Å². The number of piperidine rings is 1. The molecule has 24 heavy (non-hydrogen) atoms. The van der Waals surface area contributed by atoms with Crippen LogP contribution < -0.4 is 9.47 Å². The van der Waals surface area contributed by atoms with Crippen molar-refractivity contribution in [3.63, 3.8) is 0 Å². The van der Waals surface area contributed by atoms with Gasteiger partial charge >= 0.3 is 0 Å². The Balaban J connectivity index is 1.70. The summed E-state index contributed by atoms with van der Waals surface area (Å²) in [5, 5.41) is 6.96. The minimum Gasteiger partial charge on any atom is -0.493 e. The van der Waals surface area contributed by atoms with Gasteiger partial charge in [0.15, 0.2) is 17.3 Å². The molecule has 1 aliphatic rings. The molecule has 0 saturated carbocycles. The summed E-state index contributed by atoms with van der Waals surface area (Å²) < 4.78 is 10.5. The highest BCUT2D eigenvalue weighted by Gasteiger charge is 2.27. The smallest absolute Gasteiger partial charge is 0.167 e. The third-order valence-corrected chi connectivity index (χ3v) is 4.50. The van der Waals surface area contributed by atoms with Crippen molar-refractivity contribution in [3.8, 4) is 11.5 Å². The number of Topliss-reactive ketones (excluding diaryl/α,β-unsaturated/α-hetero) is 1. The van der Waals surface area contributed by atoms with Gasteiger partial charge in [0, 0.05) is 36.5 Å². The van der Waals surface area contributed by atoms with Crippen molar-refractivity contribution < 1.29 is 14.3 Å². The van der Waals surface area contributed by atoms with Gasteiger partial charge in [-0.25, -0.2) is 0 Å². The van der Waals surface area contributed by atoms with E-state index < -0.39 is 0 Å². The van der Waals surface area contributed by atoms with E-state index in [1.807, 2.05) is 12.1 Å². The van der Waals surface area contributed by atoms with Crippen molar-refractivity contribution in [1.29, 1.82) is 0 Å². The minimum atomic E-state index is 0.0137. The number of aromatic nitrogens is 2. The van der Waals surface area contributed by atoms with Crippen LogP contribution in [0.25, 0.3) is 0 Å². The number of aromatic amines is 1. The van der Waals surface area contributed by atoms with E-state index in [9.17, 15) is 4.79 Å². The molecular formula is C18H23N3O3. The second-order valence-electron chi connectivity index (χ2n) is 6.09. The molecule has 128 valence electrons. The Labute approximate surface area is 141 Å². The number of carbonyl (C=O) groups is 1. The van der Waals surface area contributed by atoms with Gasteiger partial charge in [-0.1, -0.05) is 0 Å². The van der Waals surface area contributed by atoms with Crippen molar-refractivity contribution in [1.82, 2.24) is 15.1 Å². The van der Waals surface area contributed by atoms with Crippen LogP contribution in [0.4, 0.5) is 0 Å². The van der Waals surface area contributed by atoms with E-state index in [2.05, 4.69) is 15.1 Å². The minimum absolute atomic E-state index is 0.0137. The maximum atomic E-state index is 12.9. The molecule has 1 atom stereocenters. The molecular weight excluding hydrogens is 306 g/mol. The lowest BCUT2D eigenvalue weighted by Gasteiger charge is -2.31. The van der Waals surface area contributed by atoms with Crippen molar-refractivity contribution in [3.05, 3.63) is 41.7 Å². The largest absolute Gasteiger partial charge is 0.493 e. The Bertz CT molecular complexity index is 685. The Morgan fingerprint density at radius 3 is 2.83 bits per heavy atom. The molecule has 1 aromatic heterocycles. The number of nitrogens with zero attached hydrogens (tertiary/aromatic N) is 2. The molecule has 1 aliphatic heterocycles. The highest BCUT2D eigenvalue weighted by Crippen LogP contribution is 2.30. The van der Waals surface area contributed by atoms with Gasteiger partial charge in [0.05, 0.1) is 14.2 Å². The highest BCUT2D eigenvalue weighted by molar-refractivity contribution is 5.98. The SMILES string of the molecule is COc1ccc(C(=O)[C@@H]2CCCN(Cc3ccn[nH]3)C2)cc1OC. The molecule has 6 heteroatoms. The van der Waals surface area contributed by atoms with Crippen molar-refractivity contribution in [2.24, 2.45) is 5.92 Å². The zero-order valence-electron chi connectivity index (χ0n) is 14.1. The van der Waals surface area contributed by atoms with Gasteiger partial charge < -0.3 is 9.47 Å². The normalized spacial score (nSPS) is 18.3. The number of hydrogen-bond donors (Lipinski definition) is 1. The molecule has 3 rings (SSSR count). The van der Waals surface area contributed by atoms with Crippen molar-refractivity contribution >= 4 is 5.78 Å². The first-order chi connectivity index (χ1) is 11.7. The maximum Gasteiger partial charge on any atom is 0.167 e. The van der Waals surface area contributed by atoms with E-state index in [0.717, 1.165) is 38.2 Å². The summed E-state index contributed by atoms with van der Waals surface area (Å²) in [6, 6.07) is 7.35. The zero-order valence-corrected chi connectivity index (χ0v) is 14.1. The van der Waals surface area contributed by atoms with Gasteiger partial charge in [0.25, 0.3) is 0 Å². The average molecular weight is 329 g/mol. The first kappa shape index (κ1) is 16.5. The van der Waals surface area contributed by atoms with Crippen LogP contribution in [0.3, 0.4) is 0 Å². The fraction of sp³-hybridized carbons (Fsp3) is 0.444. The van der Waals surface area contributed by atoms with Crippen molar-refractivity contribution in [2.75, 3.05) is 27.3 Å². The number of rotatable bonds is 6. The topological polar surface area (TPSA) is 67.5 Å². The van der Waals surface area contributed by atoms with E-state index in [1.54, 1.807) is 32.5 Å². The number of methoxy groups -OCH3 is 2. The number of hydrogen-bond acceptors (Lipinski definition) is 5. The molecule has 0 bridgehead atoms. The maximum absolute atomic E-state index is 12.9. The Hall–Kier alpha value is -2.34. The third kappa shape index (κ3) is 3.59. The quantitative estimate of drug-likeness (QED) is 0.825. The average Bonchev–Trinajstić information content (AvgIpc) is 3.13. The number of carbonyl (C=O) groups excluding carboxylic acids is 1. The van der Waals surface area contributed by atoms with Gasteiger partial charge in [0.1, 0.15) is 0 Å². The summed E-state index contributed by atoms with van der Waals surface area (Å²) in [7, 11) is 3.17. The summed E-state index contributed by atoms with van der Waals surface area (Å²) in [6.45, 7) is 2.58. The molecule has 1 aromatic carbocycles. The van der Waals surface area contributed by atoms with Crippen LogP contribution in [0, 0.1) is 5.92 Å². The van der Waals surface area contributed by atoms with Crippen LogP contribution in [0.5, 0.6) is 11.5 Å². The molecule has 2 heterocycles. The standard InChI is InChI=1S/C18H23N3O3/c1-23-16-6-5-13(10-17(16)24-2)18(22)14-4-3-9-21(11-14)12-15-7-8-19-20-15/h5-8,10,14H,3-4,9,11-12H2,1-2H3,(H,19,20)/t14-/m1/s1. The predicted octanol–water partition coefficient (Wildman–Crippen LogP) is 2.52. The lowest BCUT2D eigenvalue weighted by molar-refractivity contribution is 0.0809. The number of benzene rings is 1. The van der Waals surface area contributed by atoms with E-state index in [0.29, 0.717) is 17.1 Å². The van der Waals surface area contributed by atoms with Gasteiger partial charge in [-0.05, 0) is 43.7 Å². The van der Waals surface area contributed by atoms with Crippen molar-refractivity contribution in [2.45, 2.75) is 19.4 Å². The number of ketones is 1. The summed E-state index contributed by atoms with van der Waals surface area (Å²) in [4.78, 5) is 15.2. The second-order valence-corrected chi connectivity index (χ2v) is 6.09. The van der Waals surface area contributed by atoms with E-state index in [4.69, 9.17) is 9.47 Å². The van der Waals surface area contributed by atoms with E-state index in [-0.39, 0.29) is 11.7 Å². The molecule has 1 N–H and O–H groups in total. The molecule has 1 fully saturated rings. The number of likely N-dealkylation sites (tertiary alicyclic amines) is 1. The van der Waals surface area contributed by atoms with E-state index in [1.165, 1.54) is 0 Å². The second kappa shape index (κ2) is 7.49. The fourth-order valence-electron chi connectivity index (χ4n) is 3.25. The van der Waals surface area contributed by atoms with Crippen LogP contribution in [-0.4, -0.2) is 48.2 Å². The molecule has 0 radical (unpaired) electrons. The number of nitrogens with one attached hydrogen (secondary N) is 1. The lowest BCUT2D eigenvalue weighted by Crippen LogP contribution is -2.38.